The monoisotopic (exact) mass is 188 g/mol. The van der Waals surface area contributed by atoms with E-state index in [4.69, 9.17) is 21.5 Å². The van der Waals surface area contributed by atoms with E-state index in [-0.39, 0.29) is 16.7 Å². The maximum atomic E-state index is 10.5. The third kappa shape index (κ3) is 1.79. The highest BCUT2D eigenvalue weighted by atomic mass is 35.5. The first-order valence-corrected chi connectivity index (χ1v) is 3.52. The SMILES string of the molecule is COc1cc(Cl)ccc1N([O-])O. The van der Waals surface area contributed by atoms with Crippen LogP contribution >= 0.6 is 11.6 Å². The van der Waals surface area contributed by atoms with Crippen LogP contribution in [0.5, 0.6) is 5.75 Å². The Hall–Kier alpha value is -0.970. The summed E-state index contributed by atoms with van der Waals surface area (Å²) in [6.45, 7) is 0. The molecule has 1 N–H and O–H groups in total. The molecule has 0 bridgehead atoms. The van der Waals surface area contributed by atoms with Crippen molar-refractivity contribution in [3.63, 3.8) is 0 Å². The molecule has 66 valence electrons. The van der Waals surface area contributed by atoms with Crippen molar-refractivity contribution in [3.8, 4) is 5.75 Å². The highest BCUT2D eigenvalue weighted by molar-refractivity contribution is 6.30. The molecule has 0 radical (unpaired) electrons. The van der Waals surface area contributed by atoms with Crippen LogP contribution in [0.2, 0.25) is 5.02 Å². The Morgan fingerprint density at radius 1 is 1.58 bits per heavy atom. The Morgan fingerprint density at radius 2 is 2.25 bits per heavy atom. The van der Waals surface area contributed by atoms with Gasteiger partial charge in [-0.25, -0.2) is 0 Å². The molecule has 0 aromatic heterocycles. The van der Waals surface area contributed by atoms with Crippen molar-refractivity contribution >= 4 is 17.3 Å². The molecule has 0 spiro atoms. The largest absolute Gasteiger partial charge is 0.733 e. The lowest BCUT2D eigenvalue weighted by Crippen LogP contribution is -2.08. The van der Waals surface area contributed by atoms with Crippen molar-refractivity contribution in [2.75, 3.05) is 12.3 Å². The normalized spacial score (nSPS) is 9.67. The van der Waals surface area contributed by atoms with Gasteiger partial charge in [0.05, 0.1) is 12.8 Å². The van der Waals surface area contributed by atoms with E-state index in [0.29, 0.717) is 5.02 Å². The van der Waals surface area contributed by atoms with Gasteiger partial charge in [0.2, 0.25) is 0 Å². The van der Waals surface area contributed by atoms with Gasteiger partial charge in [-0.3, -0.25) is 5.21 Å². The second kappa shape index (κ2) is 3.62. The van der Waals surface area contributed by atoms with Crippen LogP contribution in [0.15, 0.2) is 18.2 Å². The zero-order valence-electron chi connectivity index (χ0n) is 6.32. The summed E-state index contributed by atoms with van der Waals surface area (Å²) in [7, 11) is 1.39. The molecule has 0 fully saturated rings. The standard InChI is InChI=1S/C7H7ClNO3/c1-12-7-4-5(8)2-3-6(7)9(10)11/h2-4,10H,1H3/q-1. The zero-order chi connectivity index (χ0) is 9.14. The first-order chi connectivity index (χ1) is 5.65. The van der Waals surface area contributed by atoms with Gasteiger partial charge in [0.25, 0.3) is 0 Å². The molecule has 4 nitrogen and oxygen atoms in total. The number of ether oxygens (including phenoxy) is 1. The van der Waals surface area contributed by atoms with E-state index in [0.717, 1.165) is 0 Å². The summed E-state index contributed by atoms with van der Waals surface area (Å²) in [5.74, 6) is 0.236. The zero-order valence-corrected chi connectivity index (χ0v) is 7.08. The van der Waals surface area contributed by atoms with Crippen LogP contribution in [0.3, 0.4) is 0 Å². The summed E-state index contributed by atoms with van der Waals surface area (Å²) >= 11 is 5.62. The summed E-state index contributed by atoms with van der Waals surface area (Å²) < 4.78 is 4.80. The first kappa shape index (κ1) is 9.12. The maximum absolute atomic E-state index is 10.5. The van der Waals surface area contributed by atoms with Gasteiger partial charge >= 0.3 is 0 Å². The number of methoxy groups -OCH3 is 1. The molecule has 5 heteroatoms. The lowest BCUT2D eigenvalue weighted by Gasteiger charge is -2.23. The van der Waals surface area contributed by atoms with Crippen LogP contribution in [-0.4, -0.2) is 12.3 Å². The number of hydrogen-bond donors (Lipinski definition) is 1. The van der Waals surface area contributed by atoms with Crippen LogP contribution in [0.25, 0.3) is 0 Å². The molecule has 0 saturated heterocycles. The Kier molecular flexibility index (Phi) is 2.75. The summed E-state index contributed by atoms with van der Waals surface area (Å²) in [6, 6.07) is 4.30. The van der Waals surface area contributed by atoms with Gasteiger partial charge in [-0.2, -0.15) is 0 Å². The molecule has 0 aliphatic rings. The highest BCUT2D eigenvalue weighted by Gasteiger charge is 2.02. The molecule has 1 aromatic carbocycles. The Balaban J connectivity index is 3.11. The van der Waals surface area contributed by atoms with Crippen LogP contribution < -0.4 is 9.96 Å². The van der Waals surface area contributed by atoms with Crippen molar-refractivity contribution < 1.29 is 9.94 Å². The fourth-order valence-electron chi connectivity index (χ4n) is 0.809. The summed E-state index contributed by atoms with van der Waals surface area (Å²) in [4.78, 5) is 0. The van der Waals surface area contributed by atoms with Crippen LogP contribution in [0.4, 0.5) is 5.69 Å². The van der Waals surface area contributed by atoms with Crippen molar-refractivity contribution in [1.29, 1.82) is 0 Å². The number of benzene rings is 1. The summed E-state index contributed by atoms with van der Waals surface area (Å²) in [6.07, 6.45) is 0. The van der Waals surface area contributed by atoms with Crippen molar-refractivity contribution in [2.24, 2.45) is 0 Å². The van der Waals surface area contributed by atoms with E-state index in [1.807, 2.05) is 0 Å². The molecule has 0 aliphatic carbocycles. The van der Waals surface area contributed by atoms with E-state index in [2.05, 4.69) is 0 Å². The van der Waals surface area contributed by atoms with Crippen molar-refractivity contribution in [2.45, 2.75) is 0 Å². The number of nitrogens with zero attached hydrogens (tertiary/aromatic N) is 1. The van der Waals surface area contributed by atoms with Crippen LogP contribution in [0, 0.1) is 5.21 Å². The van der Waals surface area contributed by atoms with Gasteiger partial charge in [0, 0.05) is 11.1 Å². The quantitative estimate of drug-likeness (QED) is 0.722. The topological polar surface area (TPSA) is 55.8 Å². The Bertz CT molecular complexity index is 277. The molecular weight excluding hydrogens is 182 g/mol. The van der Waals surface area contributed by atoms with Crippen molar-refractivity contribution in [3.05, 3.63) is 28.4 Å². The molecule has 0 heterocycles. The minimum atomic E-state index is -0.269. The lowest BCUT2D eigenvalue weighted by atomic mass is 10.3. The third-order valence-corrected chi connectivity index (χ3v) is 1.58. The van der Waals surface area contributed by atoms with Gasteiger partial charge < -0.3 is 15.2 Å². The van der Waals surface area contributed by atoms with Crippen LogP contribution in [-0.2, 0) is 0 Å². The average molecular weight is 189 g/mol. The average Bonchev–Trinajstić information content (AvgIpc) is 2.03. The number of hydrogen-bond acceptors (Lipinski definition) is 4. The van der Waals surface area contributed by atoms with Gasteiger partial charge in [-0.1, -0.05) is 11.6 Å². The highest BCUT2D eigenvalue weighted by Crippen LogP contribution is 2.29. The molecule has 0 aliphatic heterocycles. The molecule has 1 rings (SSSR count). The maximum Gasteiger partial charge on any atom is 0.145 e. The van der Waals surface area contributed by atoms with Gasteiger partial charge in [-0.15, -0.1) is 0 Å². The molecule has 1 aromatic rings. The van der Waals surface area contributed by atoms with Gasteiger partial charge in [-0.05, 0) is 12.1 Å². The van der Waals surface area contributed by atoms with Crippen molar-refractivity contribution in [1.82, 2.24) is 0 Å². The number of halogens is 1. The molecule has 0 atom stereocenters. The number of rotatable bonds is 2. The first-order valence-electron chi connectivity index (χ1n) is 3.15. The predicted octanol–water partition coefficient (Wildman–Crippen LogP) is 2.04. The third-order valence-electron chi connectivity index (χ3n) is 1.35. The summed E-state index contributed by atoms with van der Waals surface area (Å²) in [5.41, 5.74) is 0.0295. The van der Waals surface area contributed by atoms with Gasteiger partial charge in [0.1, 0.15) is 5.75 Å². The number of anilines is 1. The smallest absolute Gasteiger partial charge is 0.145 e. The minimum Gasteiger partial charge on any atom is -0.733 e. The lowest BCUT2D eigenvalue weighted by molar-refractivity contribution is 0.290. The summed E-state index contributed by atoms with van der Waals surface area (Å²) in [5, 5.41) is 19.2. The van der Waals surface area contributed by atoms with Crippen LogP contribution in [0.1, 0.15) is 0 Å². The predicted molar refractivity (Wildman–Crippen MR) is 45.6 cm³/mol. The fraction of sp³-hybridized carbons (Fsp3) is 0.143. The van der Waals surface area contributed by atoms with E-state index in [1.165, 1.54) is 25.3 Å². The second-order valence-electron chi connectivity index (χ2n) is 2.09. The second-order valence-corrected chi connectivity index (χ2v) is 2.53. The Labute approximate surface area is 74.5 Å². The van der Waals surface area contributed by atoms with E-state index >= 15 is 0 Å². The van der Waals surface area contributed by atoms with E-state index < -0.39 is 0 Å². The fourth-order valence-corrected chi connectivity index (χ4v) is 0.972. The molecule has 0 saturated carbocycles. The molecular formula is C7H7ClNO3-. The van der Waals surface area contributed by atoms with E-state index in [9.17, 15) is 5.21 Å². The molecule has 0 unspecified atom stereocenters. The van der Waals surface area contributed by atoms with E-state index in [1.54, 1.807) is 0 Å². The molecule has 12 heavy (non-hydrogen) atoms. The minimum absolute atomic E-state index is 0.0295. The molecule has 0 amide bonds. The Morgan fingerprint density at radius 3 is 2.75 bits per heavy atom. The van der Waals surface area contributed by atoms with Gasteiger partial charge in [0.15, 0.2) is 0 Å².